The van der Waals surface area contributed by atoms with Crippen molar-refractivity contribution in [2.24, 2.45) is 5.41 Å². The Hall–Kier alpha value is -2.97. The number of aromatic nitrogens is 5. The zero-order valence-electron chi connectivity index (χ0n) is 22.1. The molecule has 0 amide bonds. The molecule has 2 fully saturated rings. The summed E-state index contributed by atoms with van der Waals surface area (Å²) in [4.78, 5) is 15.5. The fraction of sp³-hybridized carbons (Fsp3) is 0.536. The van der Waals surface area contributed by atoms with Gasteiger partial charge in [-0.25, -0.2) is 14.5 Å². The molecule has 2 N–H and O–H groups in total. The summed E-state index contributed by atoms with van der Waals surface area (Å²) in [6, 6.07) is 2.78. The number of aromatic amines is 1. The molecule has 8 nitrogen and oxygen atoms in total. The molecule has 0 radical (unpaired) electrons. The van der Waals surface area contributed by atoms with E-state index >= 15 is 0 Å². The molecule has 6 rings (SSSR count). The third-order valence-corrected chi connectivity index (χ3v) is 8.03. The SMILES string of the molecule is Cc1c(N2CCC(NCC3(C)COC3)CC2)ncc2[nH]c(-c3cc(C)c4ncnn4c3)c(C(C)C)c12. The highest BCUT2D eigenvalue weighted by molar-refractivity contribution is 5.95. The van der Waals surface area contributed by atoms with Gasteiger partial charge in [0.1, 0.15) is 12.1 Å². The smallest absolute Gasteiger partial charge is 0.158 e. The van der Waals surface area contributed by atoms with Crippen LogP contribution in [0.5, 0.6) is 0 Å². The van der Waals surface area contributed by atoms with Crippen LogP contribution >= 0.6 is 0 Å². The van der Waals surface area contributed by atoms with Crippen LogP contribution in [-0.4, -0.2) is 63.5 Å². The highest BCUT2D eigenvalue weighted by Crippen LogP contribution is 2.39. The van der Waals surface area contributed by atoms with Crippen LogP contribution in [0.25, 0.3) is 27.8 Å². The van der Waals surface area contributed by atoms with Gasteiger partial charge in [-0.3, -0.25) is 0 Å². The summed E-state index contributed by atoms with van der Waals surface area (Å²) in [7, 11) is 0. The second-order valence-electron chi connectivity index (χ2n) is 11.4. The van der Waals surface area contributed by atoms with Crippen molar-refractivity contribution < 1.29 is 4.74 Å². The molecule has 0 saturated carbocycles. The van der Waals surface area contributed by atoms with Crippen LogP contribution in [-0.2, 0) is 4.74 Å². The largest absolute Gasteiger partial charge is 0.380 e. The van der Waals surface area contributed by atoms with E-state index in [1.807, 2.05) is 10.7 Å². The molecule has 2 aliphatic rings. The molecule has 0 atom stereocenters. The summed E-state index contributed by atoms with van der Waals surface area (Å²) in [5, 5.41) is 9.49. The number of piperidine rings is 1. The topological polar surface area (TPSA) is 83.4 Å². The Balaban J connectivity index is 1.30. The number of ether oxygens (including phenoxy) is 1. The minimum atomic E-state index is 0.316. The maximum Gasteiger partial charge on any atom is 0.158 e. The predicted octanol–water partition coefficient (Wildman–Crippen LogP) is 4.61. The quantitative estimate of drug-likeness (QED) is 0.413. The molecule has 2 saturated heterocycles. The van der Waals surface area contributed by atoms with Gasteiger partial charge in [0.25, 0.3) is 0 Å². The Kier molecular flexibility index (Phi) is 5.76. The minimum Gasteiger partial charge on any atom is -0.380 e. The van der Waals surface area contributed by atoms with Crippen molar-refractivity contribution in [2.75, 3.05) is 37.7 Å². The third kappa shape index (κ3) is 3.96. The summed E-state index contributed by atoms with van der Waals surface area (Å²) in [6.07, 6.45) is 7.99. The van der Waals surface area contributed by atoms with Crippen LogP contribution in [0, 0.1) is 19.3 Å². The fourth-order valence-corrected chi connectivity index (χ4v) is 5.96. The van der Waals surface area contributed by atoms with E-state index in [0.29, 0.717) is 17.4 Å². The molecule has 8 heteroatoms. The molecule has 0 bridgehead atoms. The molecule has 4 aromatic heterocycles. The molecule has 0 aliphatic carbocycles. The number of pyridine rings is 2. The number of nitrogens with one attached hydrogen (secondary N) is 2. The van der Waals surface area contributed by atoms with Gasteiger partial charge in [-0.05, 0) is 49.8 Å². The first-order valence-electron chi connectivity index (χ1n) is 13.2. The van der Waals surface area contributed by atoms with Gasteiger partial charge in [-0.2, -0.15) is 5.10 Å². The van der Waals surface area contributed by atoms with E-state index < -0.39 is 0 Å². The maximum atomic E-state index is 5.41. The third-order valence-electron chi connectivity index (χ3n) is 8.03. The van der Waals surface area contributed by atoms with Gasteiger partial charge in [0, 0.05) is 53.8 Å². The molecule has 0 spiro atoms. The number of hydrogen-bond acceptors (Lipinski definition) is 6. The van der Waals surface area contributed by atoms with E-state index in [1.54, 1.807) is 6.33 Å². The molecule has 0 aromatic carbocycles. The number of H-pyrrole nitrogens is 1. The summed E-state index contributed by atoms with van der Waals surface area (Å²) in [5.74, 6) is 1.48. The van der Waals surface area contributed by atoms with Crippen molar-refractivity contribution in [2.45, 2.75) is 59.4 Å². The van der Waals surface area contributed by atoms with Crippen LogP contribution in [0.4, 0.5) is 5.82 Å². The van der Waals surface area contributed by atoms with Crippen molar-refractivity contribution in [3.8, 4) is 11.3 Å². The average molecular weight is 488 g/mol. The fourth-order valence-electron chi connectivity index (χ4n) is 5.96. The second-order valence-corrected chi connectivity index (χ2v) is 11.4. The zero-order valence-corrected chi connectivity index (χ0v) is 22.1. The second kappa shape index (κ2) is 8.85. The molecule has 0 unspecified atom stereocenters. The molecular formula is C28H37N7O. The number of nitrogens with zero attached hydrogens (tertiary/aromatic N) is 5. The Bertz CT molecular complexity index is 1410. The average Bonchev–Trinajstić information content (AvgIpc) is 3.48. The van der Waals surface area contributed by atoms with Crippen LogP contribution < -0.4 is 10.2 Å². The first kappa shape index (κ1) is 23.4. The molecule has 2 aliphatic heterocycles. The highest BCUT2D eigenvalue weighted by Gasteiger charge is 2.34. The summed E-state index contributed by atoms with van der Waals surface area (Å²) in [5.41, 5.74) is 8.32. The van der Waals surface area contributed by atoms with E-state index in [-0.39, 0.29) is 0 Å². The van der Waals surface area contributed by atoms with Crippen molar-refractivity contribution >= 4 is 22.4 Å². The van der Waals surface area contributed by atoms with Crippen molar-refractivity contribution in [3.63, 3.8) is 0 Å². The van der Waals surface area contributed by atoms with Gasteiger partial charge in [0.2, 0.25) is 0 Å². The van der Waals surface area contributed by atoms with Crippen molar-refractivity contribution in [1.29, 1.82) is 0 Å². The summed E-state index contributed by atoms with van der Waals surface area (Å²) >= 11 is 0. The zero-order chi connectivity index (χ0) is 25.0. The van der Waals surface area contributed by atoms with Crippen LogP contribution in [0.15, 0.2) is 24.8 Å². The van der Waals surface area contributed by atoms with Crippen molar-refractivity contribution in [1.82, 2.24) is 29.9 Å². The van der Waals surface area contributed by atoms with E-state index in [4.69, 9.17) is 9.72 Å². The monoisotopic (exact) mass is 487 g/mol. The number of anilines is 1. The molecular weight excluding hydrogens is 450 g/mol. The number of rotatable bonds is 6. The Morgan fingerprint density at radius 2 is 1.97 bits per heavy atom. The Labute approximate surface area is 212 Å². The van der Waals surface area contributed by atoms with Gasteiger partial charge >= 0.3 is 0 Å². The standard InChI is InChI=1S/C28H37N7O/c1-17(2)23-24-19(4)27(34-8-6-21(7-9-34)30-13-28(5)14-36-15-28)29-11-22(24)33-25(23)20-10-18(3)26-31-16-32-35(26)12-20/h10-12,16-17,21,30,33H,6-9,13-15H2,1-5H3. The van der Waals surface area contributed by atoms with E-state index in [0.717, 1.165) is 79.5 Å². The summed E-state index contributed by atoms with van der Waals surface area (Å²) < 4.78 is 7.28. The van der Waals surface area contributed by atoms with E-state index in [9.17, 15) is 0 Å². The maximum absolute atomic E-state index is 5.41. The van der Waals surface area contributed by atoms with Gasteiger partial charge in [0.05, 0.1) is 30.6 Å². The minimum absolute atomic E-state index is 0.316. The number of hydrogen-bond donors (Lipinski definition) is 2. The predicted molar refractivity (Wildman–Crippen MR) is 144 cm³/mol. The van der Waals surface area contributed by atoms with Crippen molar-refractivity contribution in [3.05, 3.63) is 41.5 Å². The first-order chi connectivity index (χ1) is 17.3. The van der Waals surface area contributed by atoms with Gasteiger partial charge in [-0.15, -0.1) is 0 Å². The lowest BCUT2D eigenvalue weighted by molar-refractivity contribution is -0.100. The number of aryl methyl sites for hydroxylation is 2. The lowest BCUT2D eigenvalue weighted by atomic mass is 9.88. The molecule has 4 aromatic rings. The first-order valence-corrected chi connectivity index (χ1v) is 13.2. The molecule has 190 valence electrons. The normalized spacial score (nSPS) is 18.4. The lowest BCUT2D eigenvalue weighted by Crippen LogP contribution is -2.51. The van der Waals surface area contributed by atoms with Gasteiger partial charge < -0.3 is 19.9 Å². The molecule has 36 heavy (non-hydrogen) atoms. The van der Waals surface area contributed by atoms with E-state index in [2.05, 4.69) is 72.2 Å². The summed E-state index contributed by atoms with van der Waals surface area (Å²) in [6.45, 7) is 16.1. The highest BCUT2D eigenvalue weighted by atomic mass is 16.5. The van der Waals surface area contributed by atoms with Crippen LogP contribution in [0.1, 0.15) is 56.2 Å². The van der Waals surface area contributed by atoms with Crippen LogP contribution in [0.3, 0.4) is 0 Å². The Morgan fingerprint density at radius 3 is 2.67 bits per heavy atom. The van der Waals surface area contributed by atoms with E-state index in [1.165, 1.54) is 16.5 Å². The lowest BCUT2D eigenvalue weighted by Gasteiger charge is -2.41. The van der Waals surface area contributed by atoms with Crippen LogP contribution in [0.2, 0.25) is 0 Å². The molecule has 6 heterocycles. The Morgan fingerprint density at radius 1 is 1.19 bits per heavy atom. The van der Waals surface area contributed by atoms with Gasteiger partial charge in [-0.1, -0.05) is 20.8 Å². The van der Waals surface area contributed by atoms with Gasteiger partial charge in [0.15, 0.2) is 5.65 Å². The number of fused-ring (bicyclic) bond motifs is 2.